The summed E-state index contributed by atoms with van der Waals surface area (Å²) in [4.78, 5) is 12.8. The average Bonchev–Trinajstić information content (AvgIpc) is 3.25. The number of thiophene rings is 1. The lowest BCUT2D eigenvalue weighted by atomic mass is 10.1. The van der Waals surface area contributed by atoms with Gasteiger partial charge >= 0.3 is 0 Å². The zero-order valence-corrected chi connectivity index (χ0v) is 19.0. The molecule has 1 atom stereocenters. The summed E-state index contributed by atoms with van der Waals surface area (Å²) in [6, 6.07) is 13.4. The smallest absolute Gasteiger partial charge is 0.265 e. The maximum Gasteiger partial charge on any atom is 0.265 e. The number of carbonyl (C=O) groups is 1. The number of halogens is 1. The van der Waals surface area contributed by atoms with Crippen LogP contribution in [0.1, 0.15) is 35.1 Å². The molecule has 1 heterocycles. The molecule has 0 saturated heterocycles. The number of anilines is 1. The quantitative estimate of drug-likeness (QED) is 0.531. The predicted molar refractivity (Wildman–Crippen MR) is 120 cm³/mol. The van der Waals surface area contributed by atoms with Gasteiger partial charge in [-0.2, -0.15) is 0 Å². The molecule has 164 valence electrons. The first kappa shape index (κ1) is 22.8. The minimum atomic E-state index is -3.96. The molecule has 2 aromatic carbocycles. The summed E-state index contributed by atoms with van der Waals surface area (Å²) in [5.41, 5.74) is 1.16. The molecule has 0 saturated carbocycles. The van der Waals surface area contributed by atoms with Gasteiger partial charge in [0.1, 0.15) is 21.3 Å². The Morgan fingerprint density at radius 1 is 1.13 bits per heavy atom. The third-order valence-electron chi connectivity index (χ3n) is 4.70. The standard InChI is InChI=1S/C22H23FN2O4S2/c1-4-29-19-11-9-18(10-12-19)25(3)31(27,28)20-13-14-30-21(20)22(26)24-15(2)16-5-7-17(23)8-6-16/h5-15H,4H2,1-3H3,(H,24,26)/t15-/m1/s1. The second-order valence-electron chi connectivity index (χ2n) is 6.76. The molecule has 0 unspecified atom stereocenters. The van der Waals surface area contributed by atoms with Gasteiger partial charge in [-0.15, -0.1) is 11.3 Å². The van der Waals surface area contributed by atoms with E-state index in [9.17, 15) is 17.6 Å². The Labute approximate surface area is 185 Å². The molecular weight excluding hydrogens is 439 g/mol. The Bertz CT molecular complexity index is 1140. The Kier molecular flexibility index (Phi) is 6.97. The largest absolute Gasteiger partial charge is 0.494 e. The van der Waals surface area contributed by atoms with Crippen LogP contribution >= 0.6 is 11.3 Å². The highest BCUT2D eigenvalue weighted by molar-refractivity contribution is 7.93. The fourth-order valence-corrected chi connectivity index (χ4v) is 5.47. The van der Waals surface area contributed by atoms with Crippen molar-refractivity contribution in [1.82, 2.24) is 5.32 Å². The molecule has 0 aliphatic carbocycles. The van der Waals surface area contributed by atoms with Crippen molar-refractivity contribution >= 4 is 33.0 Å². The number of nitrogens with one attached hydrogen (secondary N) is 1. The number of benzene rings is 2. The number of sulfonamides is 1. The van der Waals surface area contributed by atoms with E-state index in [0.29, 0.717) is 23.6 Å². The van der Waals surface area contributed by atoms with Crippen LogP contribution in [0.25, 0.3) is 0 Å². The number of nitrogens with zero attached hydrogens (tertiary/aromatic N) is 1. The Morgan fingerprint density at radius 2 is 1.77 bits per heavy atom. The molecule has 0 aliphatic rings. The van der Waals surface area contributed by atoms with Gasteiger partial charge < -0.3 is 10.1 Å². The zero-order chi connectivity index (χ0) is 22.6. The summed E-state index contributed by atoms with van der Waals surface area (Å²) in [6.07, 6.45) is 0. The molecule has 1 N–H and O–H groups in total. The van der Waals surface area contributed by atoms with Gasteiger partial charge in [-0.05, 0) is 67.3 Å². The van der Waals surface area contributed by atoms with E-state index in [1.165, 1.54) is 25.2 Å². The average molecular weight is 463 g/mol. The molecule has 0 radical (unpaired) electrons. The lowest BCUT2D eigenvalue weighted by molar-refractivity contribution is 0.0941. The Hall–Kier alpha value is -2.91. The van der Waals surface area contributed by atoms with Gasteiger partial charge in [0.05, 0.1) is 18.3 Å². The van der Waals surface area contributed by atoms with Crippen LogP contribution < -0.4 is 14.4 Å². The first-order valence-electron chi connectivity index (χ1n) is 9.59. The summed E-state index contributed by atoms with van der Waals surface area (Å²) in [5.74, 6) is -0.237. The molecule has 31 heavy (non-hydrogen) atoms. The molecule has 1 amide bonds. The fourth-order valence-electron chi connectivity index (χ4n) is 2.97. The van der Waals surface area contributed by atoms with Crippen molar-refractivity contribution in [3.63, 3.8) is 0 Å². The van der Waals surface area contributed by atoms with Gasteiger partial charge in [0.2, 0.25) is 0 Å². The Balaban J connectivity index is 1.81. The van der Waals surface area contributed by atoms with E-state index in [2.05, 4.69) is 5.32 Å². The summed E-state index contributed by atoms with van der Waals surface area (Å²) < 4.78 is 46.1. The fraction of sp³-hybridized carbons (Fsp3) is 0.227. The van der Waals surface area contributed by atoms with Crippen LogP contribution in [-0.2, 0) is 10.0 Å². The highest BCUT2D eigenvalue weighted by atomic mass is 32.2. The van der Waals surface area contributed by atoms with Gasteiger partial charge in [0.25, 0.3) is 15.9 Å². The number of carbonyl (C=O) groups excluding carboxylic acids is 1. The topological polar surface area (TPSA) is 75.7 Å². The van der Waals surface area contributed by atoms with Gasteiger partial charge in [-0.1, -0.05) is 12.1 Å². The van der Waals surface area contributed by atoms with Gasteiger partial charge in [0, 0.05) is 7.05 Å². The second kappa shape index (κ2) is 9.49. The van der Waals surface area contributed by atoms with Crippen LogP contribution in [0.3, 0.4) is 0 Å². The molecule has 9 heteroatoms. The van der Waals surface area contributed by atoms with Crippen molar-refractivity contribution in [3.8, 4) is 5.75 Å². The number of rotatable bonds is 8. The molecular formula is C22H23FN2O4S2. The van der Waals surface area contributed by atoms with Gasteiger partial charge in [-0.3, -0.25) is 9.10 Å². The number of amides is 1. The van der Waals surface area contributed by atoms with Crippen LogP contribution in [0.4, 0.5) is 10.1 Å². The van der Waals surface area contributed by atoms with Crippen molar-refractivity contribution in [2.75, 3.05) is 18.0 Å². The Morgan fingerprint density at radius 3 is 2.39 bits per heavy atom. The van der Waals surface area contributed by atoms with E-state index >= 15 is 0 Å². The van der Waals surface area contributed by atoms with Crippen molar-refractivity contribution in [3.05, 3.63) is 76.2 Å². The molecule has 6 nitrogen and oxygen atoms in total. The van der Waals surface area contributed by atoms with E-state index in [0.717, 1.165) is 15.6 Å². The lowest BCUT2D eigenvalue weighted by Crippen LogP contribution is -2.30. The lowest BCUT2D eigenvalue weighted by Gasteiger charge is -2.20. The molecule has 0 fully saturated rings. The van der Waals surface area contributed by atoms with Crippen LogP contribution in [-0.4, -0.2) is 28.0 Å². The number of hydrogen-bond acceptors (Lipinski definition) is 5. The number of hydrogen-bond donors (Lipinski definition) is 1. The van der Waals surface area contributed by atoms with E-state index in [1.54, 1.807) is 48.7 Å². The van der Waals surface area contributed by atoms with Crippen LogP contribution in [0.2, 0.25) is 0 Å². The predicted octanol–water partition coefficient (Wildman–Crippen LogP) is 4.60. The van der Waals surface area contributed by atoms with Crippen molar-refractivity contribution in [2.45, 2.75) is 24.8 Å². The molecule has 0 aliphatic heterocycles. The van der Waals surface area contributed by atoms with Crippen molar-refractivity contribution in [1.29, 1.82) is 0 Å². The molecule has 1 aromatic heterocycles. The van der Waals surface area contributed by atoms with E-state index in [1.807, 2.05) is 6.92 Å². The summed E-state index contributed by atoms with van der Waals surface area (Å²) >= 11 is 1.05. The second-order valence-corrected chi connectivity index (χ2v) is 9.61. The van der Waals surface area contributed by atoms with E-state index < -0.39 is 22.0 Å². The first-order chi connectivity index (χ1) is 14.7. The number of ether oxygens (including phenoxy) is 1. The van der Waals surface area contributed by atoms with E-state index in [4.69, 9.17) is 4.74 Å². The van der Waals surface area contributed by atoms with Crippen LogP contribution in [0.5, 0.6) is 5.75 Å². The molecule has 0 bridgehead atoms. The normalized spacial score (nSPS) is 12.3. The minimum Gasteiger partial charge on any atom is -0.494 e. The van der Waals surface area contributed by atoms with Gasteiger partial charge in [-0.25, -0.2) is 12.8 Å². The summed E-state index contributed by atoms with van der Waals surface area (Å²) in [5, 5.41) is 4.35. The highest BCUT2D eigenvalue weighted by Crippen LogP contribution is 2.29. The van der Waals surface area contributed by atoms with Crippen molar-refractivity contribution < 1.29 is 22.3 Å². The third-order valence-corrected chi connectivity index (χ3v) is 7.57. The maximum atomic E-state index is 13.2. The summed E-state index contributed by atoms with van der Waals surface area (Å²) in [6.45, 7) is 4.13. The summed E-state index contributed by atoms with van der Waals surface area (Å²) in [7, 11) is -2.53. The van der Waals surface area contributed by atoms with E-state index in [-0.39, 0.29) is 15.6 Å². The zero-order valence-electron chi connectivity index (χ0n) is 17.3. The van der Waals surface area contributed by atoms with Crippen LogP contribution in [0, 0.1) is 5.82 Å². The van der Waals surface area contributed by atoms with Gasteiger partial charge in [0.15, 0.2) is 0 Å². The maximum absolute atomic E-state index is 13.2. The van der Waals surface area contributed by atoms with Crippen molar-refractivity contribution in [2.24, 2.45) is 0 Å². The minimum absolute atomic E-state index is 0.0716. The molecule has 0 spiro atoms. The monoisotopic (exact) mass is 462 g/mol. The first-order valence-corrected chi connectivity index (χ1v) is 11.9. The third kappa shape index (κ3) is 5.05. The SMILES string of the molecule is CCOc1ccc(N(C)S(=O)(=O)c2ccsc2C(=O)N[C@H](C)c2ccc(F)cc2)cc1. The van der Waals surface area contributed by atoms with Crippen LogP contribution in [0.15, 0.2) is 64.9 Å². The molecule has 3 rings (SSSR count). The molecule has 3 aromatic rings. The highest BCUT2D eigenvalue weighted by Gasteiger charge is 2.29.